The molecule has 0 aliphatic heterocycles. The maximum Gasteiger partial charge on any atom is 0.129 e. The van der Waals surface area contributed by atoms with Gasteiger partial charge < -0.3 is 9.64 Å². The summed E-state index contributed by atoms with van der Waals surface area (Å²) in [4.78, 5) is 2.37. The lowest BCUT2D eigenvalue weighted by molar-refractivity contribution is 0.0252. The van der Waals surface area contributed by atoms with Crippen LogP contribution in [0.5, 0.6) is 0 Å². The molecule has 0 heterocycles. The smallest absolute Gasteiger partial charge is 0.129 e. The van der Waals surface area contributed by atoms with Gasteiger partial charge in [-0.2, -0.15) is 0 Å². The number of ether oxygens (including phenoxy) is 1. The molecule has 0 radical (unpaired) electrons. The molecule has 1 unspecified atom stereocenters. The predicted octanol–water partition coefficient (Wildman–Crippen LogP) is 6.64. The van der Waals surface area contributed by atoms with E-state index >= 15 is 0 Å². The van der Waals surface area contributed by atoms with E-state index in [0.29, 0.717) is 30.9 Å². The largest absolute Gasteiger partial charge is 0.372 e. The van der Waals surface area contributed by atoms with Crippen molar-refractivity contribution in [3.05, 3.63) is 70.3 Å². The average Bonchev–Trinajstić information content (AvgIpc) is 2.70. The van der Waals surface area contributed by atoms with Crippen LogP contribution in [0.2, 0.25) is 0 Å². The highest BCUT2D eigenvalue weighted by molar-refractivity contribution is 5.35. The Kier molecular flexibility index (Phi) is 9.93. The van der Waals surface area contributed by atoms with Gasteiger partial charge in [0.25, 0.3) is 0 Å². The third kappa shape index (κ3) is 7.17. The first-order valence-electron chi connectivity index (χ1n) is 11.2. The van der Waals surface area contributed by atoms with Crippen LogP contribution in [-0.2, 0) is 11.2 Å². The summed E-state index contributed by atoms with van der Waals surface area (Å²) in [5.41, 5.74) is 4.26. The van der Waals surface area contributed by atoms with Crippen LogP contribution in [0, 0.1) is 31.4 Å². The molecule has 0 aliphatic rings. The van der Waals surface area contributed by atoms with Gasteiger partial charge in [-0.3, -0.25) is 0 Å². The topological polar surface area (TPSA) is 12.5 Å². The Morgan fingerprint density at radius 1 is 0.967 bits per heavy atom. The fourth-order valence-corrected chi connectivity index (χ4v) is 4.12. The van der Waals surface area contributed by atoms with Crippen molar-refractivity contribution >= 4 is 0 Å². The molecule has 1 atom stereocenters. The van der Waals surface area contributed by atoms with Crippen LogP contribution in [0.15, 0.2) is 36.4 Å². The van der Waals surface area contributed by atoms with E-state index in [1.54, 1.807) is 0 Å². The molecule has 2 aromatic rings. The van der Waals surface area contributed by atoms with Crippen molar-refractivity contribution in [3.8, 4) is 0 Å². The van der Waals surface area contributed by atoms with Crippen LogP contribution in [-0.4, -0.2) is 31.6 Å². The lowest BCUT2D eigenvalue weighted by Crippen LogP contribution is -2.31. The number of hydrogen-bond acceptors (Lipinski definition) is 2. The second-order valence-corrected chi connectivity index (χ2v) is 8.41. The van der Waals surface area contributed by atoms with Crippen molar-refractivity contribution < 1.29 is 13.5 Å². The third-order valence-electron chi connectivity index (χ3n) is 5.99. The third-order valence-corrected chi connectivity index (χ3v) is 5.99. The van der Waals surface area contributed by atoms with Crippen LogP contribution >= 0.6 is 0 Å². The first-order valence-corrected chi connectivity index (χ1v) is 11.2. The Morgan fingerprint density at radius 2 is 1.63 bits per heavy atom. The van der Waals surface area contributed by atoms with Gasteiger partial charge in [0.1, 0.15) is 11.6 Å². The number of likely N-dealkylation sites (N-methyl/N-ethyl adjacent to an activating group) is 1. The highest BCUT2D eigenvalue weighted by atomic mass is 19.1. The van der Waals surface area contributed by atoms with E-state index in [1.165, 1.54) is 41.7 Å². The Hall–Kier alpha value is -1.78. The van der Waals surface area contributed by atoms with E-state index in [9.17, 15) is 8.78 Å². The fraction of sp³-hybridized carbons (Fsp3) is 0.538. The van der Waals surface area contributed by atoms with E-state index in [0.717, 1.165) is 19.2 Å². The monoisotopic (exact) mass is 417 g/mol. The second kappa shape index (κ2) is 12.2. The average molecular weight is 418 g/mol. The molecule has 2 aromatic carbocycles. The predicted molar refractivity (Wildman–Crippen MR) is 121 cm³/mol. The molecule has 0 aromatic heterocycles. The summed E-state index contributed by atoms with van der Waals surface area (Å²) >= 11 is 0. The molecular weight excluding hydrogens is 380 g/mol. The Labute approximate surface area is 181 Å². The van der Waals surface area contributed by atoms with E-state index in [4.69, 9.17) is 4.74 Å². The van der Waals surface area contributed by atoms with Gasteiger partial charge in [-0.15, -0.1) is 0 Å². The van der Waals surface area contributed by atoms with Gasteiger partial charge in [-0.25, -0.2) is 8.78 Å². The lowest BCUT2D eigenvalue weighted by Gasteiger charge is -2.29. The molecule has 2 nitrogen and oxygen atoms in total. The summed E-state index contributed by atoms with van der Waals surface area (Å²) in [6.45, 7) is 11.2. The standard InChI is InChI=1S/C26H37F2NO/c1-6-21(7-2)17-29(5)18-25(26-19(3)10-8-11-20(26)4)30-15-9-12-22-13-14-23(27)16-24(22)28/h8,10-11,13-14,16,21,25H,6-7,9,12,15,17-18H2,1-5H3. The summed E-state index contributed by atoms with van der Waals surface area (Å²) in [7, 11) is 2.16. The summed E-state index contributed by atoms with van der Waals surface area (Å²) in [6, 6.07) is 10.1. The molecule has 2 rings (SSSR count). The molecule has 0 N–H and O–H groups in total. The number of nitrogens with zero attached hydrogens (tertiary/aromatic N) is 1. The minimum atomic E-state index is -0.539. The van der Waals surface area contributed by atoms with Crippen LogP contribution in [0.25, 0.3) is 0 Å². The molecule has 0 saturated heterocycles. The van der Waals surface area contributed by atoms with Crippen LogP contribution < -0.4 is 0 Å². The van der Waals surface area contributed by atoms with Gasteiger partial charge in [0.2, 0.25) is 0 Å². The van der Waals surface area contributed by atoms with Gasteiger partial charge >= 0.3 is 0 Å². The molecule has 4 heteroatoms. The zero-order valence-electron chi connectivity index (χ0n) is 19.2. The molecule has 0 amide bonds. The molecule has 0 spiro atoms. The number of halogens is 2. The van der Waals surface area contributed by atoms with Crippen molar-refractivity contribution in [3.63, 3.8) is 0 Å². The summed E-state index contributed by atoms with van der Waals surface area (Å²) < 4.78 is 33.3. The van der Waals surface area contributed by atoms with Crippen molar-refractivity contribution in [1.82, 2.24) is 4.90 Å². The van der Waals surface area contributed by atoms with Gasteiger partial charge in [0.05, 0.1) is 6.10 Å². The highest BCUT2D eigenvalue weighted by Crippen LogP contribution is 2.27. The van der Waals surface area contributed by atoms with Crippen LogP contribution in [0.1, 0.15) is 61.5 Å². The van der Waals surface area contributed by atoms with Crippen LogP contribution in [0.4, 0.5) is 8.78 Å². The Morgan fingerprint density at radius 3 is 2.23 bits per heavy atom. The van der Waals surface area contributed by atoms with E-state index < -0.39 is 11.6 Å². The molecule has 0 bridgehead atoms. The van der Waals surface area contributed by atoms with Crippen molar-refractivity contribution in [2.75, 3.05) is 26.7 Å². The first kappa shape index (κ1) is 24.5. The SMILES string of the molecule is CCC(CC)CN(C)CC(OCCCc1ccc(F)cc1F)c1c(C)cccc1C. The quantitative estimate of drug-likeness (QED) is 0.359. The van der Waals surface area contributed by atoms with E-state index in [-0.39, 0.29) is 6.10 Å². The fourth-order valence-electron chi connectivity index (χ4n) is 4.12. The molecule has 0 saturated carbocycles. The van der Waals surface area contributed by atoms with Gasteiger partial charge in [-0.1, -0.05) is 51.0 Å². The summed E-state index contributed by atoms with van der Waals surface area (Å²) in [6.07, 6.45) is 3.57. The van der Waals surface area contributed by atoms with Crippen molar-refractivity contribution in [2.45, 2.75) is 59.5 Å². The summed E-state index contributed by atoms with van der Waals surface area (Å²) in [5.74, 6) is -0.329. The normalized spacial score (nSPS) is 12.7. The minimum Gasteiger partial charge on any atom is -0.372 e. The van der Waals surface area contributed by atoms with Gasteiger partial charge in [0.15, 0.2) is 0 Å². The molecule has 0 aliphatic carbocycles. The summed E-state index contributed by atoms with van der Waals surface area (Å²) in [5, 5.41) is 0. The van der Waals surface area contributed by atoms with Crippen LogP contribution in [0.3, 0.4) is 0 Å². The maximum atomic E-state index is 13.9. The number of benzene rings is 2. The second-order valence-electron chi connectivity index (χ2n) is 8.41. The van der Waals surface area contributed by atoms with Crippen molar-refractivity contribution in [2.24, 2.45) is 5.92 Å². The van der Waals surface area contributed by atoms with Gasteiger partial charge in [-0.05, 0) is 68.0 Å². The Balaban J connectivity index is 2.04. The van der Waals surface area contributed by atoms with Gasteiger partial charge in [0, 0.05) is 25.8 Å². The number of rotatable bonds is 12. The van der Waals surface area contributed by atoms with Crippen molar-refractivity contribution in [1.29, 1.82) is 0 Å². The maximum absolute atomic E-state index is 13.9. The molecule has 166 valence electrons. The minimum absolute atomic E-state index is 0.0244. The lowest BCUT2D eigenvalue weighted by atomic mass is 9.97. The molecule has 30 heavy (non-hydrogen) atoms. The molecule has 0 fully saturated rings. The molecular formula is C26H37F2NO. The zero-order valence-corrected chi connectivity index (χ0v) is 19.2. The van der Waals surface area contributed by atoms with E-state index in [2.05, 4.69) is 57.8 Å². The highest BCUT2D eigenvalue weighted by Gasteiger charge is 2.20. The first-order chi connectivity index (χ1) is 14.3. The van der Waals surface area contributed by atoms with E-state index in [1.807, 2.05) is 0 Å². The zero-order chi connectivity index (χ0) is 22.1. The number of hydrogen-bond donors (Lipinski definition) is 0. The Bertz CT molecular complexity index is 768. The number of aryl methyl sites for hydroxylation is 3.